The van der Waals surface area contributed by atoms with Gasteiger partial charge in [-0.15, -0.1) is 0 Å². The van der Waals surface area contributed by atoms with E-state index in [1.165, 1.54) is 0 Å². The molecule has 1 heterocycles. The summed E-state index contributed by atoms with van der Waals surface area (Å²) in [4.78, 5) is 31.0. The van der Waals surface area contributed by atoms with Crippen molar-refractivity contribution in [1.29, 1.82) is 0 Å². The molecule has 0 spiro atoms. The van der Waals surface area contributed by atoms with Gasteiger partial charge in [0.15, 0.2) is 5.78 Å². The molecule has 0 N–H and O–H groups in total. The number of fused-ring (bicyclic) bond motifs is 3. The van der Waals surface area contributed by atoms with Crippen molar-refractivity contribution in [2.24, 2.45) is 10.9 Å². The lowest BCUT2D eigenvalue weighted by atomic mass is 9.69. The van der Waals surface area contributed by atoms with Crippen LogP contribution in [0.2, 0.25) is 0 Å². The largest absolute Gasteiger partial charge is 0.299 e. The lowest BCUT2D eigenvalue weighted by Crippen LogP contribution is -2.37. The Morgan fingerprint density at radius 2 is 1.73 bits per heavy atom. The molecule has 1 aliphatic heterocycles. The second-order valence-corrected chi connectivity index (χ2v) is 7.43. The number of hydrogen-bond acceptors (Lipinski definition) is 3. The third-order valence-electron chi connectivity index (χ3n) is 5.79. The van der Waals surface area contributed by atoms with Crippen molar-refractivity contribution in [3.05, 3.63) is 76.4 Å². The van der Waals surface area contributed by atoms with Crippen LogP contribution in [-0.2, 0) is 4.79 Å². The van der Waals surface area contributed by atoms with Gasteiger partial charge in [0, 0.05) is 34.8 Å². The first-order valence-corrected chi connectivity index (χ1v) is 9.20. The Kier molecular flexibility index (Phi) is 3.33. The smallest absolute Gasteiger partial charge is 0.192 e. The van der Waals surface area contributed by atoms with Crippen LogP contribution in [0.4, 0.5) is 0 Å². The molecule has 0 amide bonds. The van der Waals surface area contributed by atoms with E-state index in [0.717, 1.165) is 40.9 Å². The molecular formula is C23H19NO2. The van der Waals surface area contributed by atoms with E-state index in [4.69, 9.17) is 4.99 Å². The van der Waals surface area contributed by atoms with Crippen LogP contribution in [0.15, 0.2) is 59.1 Å². The number of ketones is 2. The van der Waals surface area contributed by atoms with Crippen molar-refractivity contribution >= 4 is 23.0 Å². The van der Waals surface area contributed by atoms with E-state index >= 15 is 0 Å². The molecule has 2 aliphatic carbocycles. The third-order valence-corrected chi connectivity index (χ3v) is 5.79. The SMILES string of the molecule is Cc1cccc([C@H]2C3=C(N=C4CCCC(=O)[C@H]42)c2ccccc2C3=O)c1. The molecule has 2 aromatic rings. The fourth-order valence-corrected chi connectivity index (χ4v) is 4.67. The number of rotatable bonds is 1. The number of benzene rings is 2. The monoisotopic (exact) mass is 341 g/mol. The molecule has 0 radical (unpaired) electrons. The lowest BCUT2D eigenvalue weighted by molar-refractivity contribution is -0.121. The predicted octanol–water partition coefficient (Wildman–Crippen LogP) is 4.51. The first kappa shape index (κ1) is 15.4. The molecule has 0 saturated heterocycles. The van der Waals surface area contributed by atoms with Crippen molar-refractivity contribution in [1.82, 2.24) is 0 Å². The molecule has 3 nitrogen and oxygen atoms in total. The van der Waals surface area contributed by atoms with Gasteiger partial charge in [0.05, 0.1) is 11.6 Å². The summed E-state index contributed by atoms with van der Waals surface area (Å²) in [6.45, 7) is 2.05. The summed E-state index contributed by atoms with van der Waals surface area (Å²) in [6.07, 6.45) is 2.27. The second-order valence-electron chi connectivity index (χ2n) is 7.43. The van der Waals surface area contributed by atoms with Gasteiger partial charge in [0.25, 0.3) is 0 Å². The Hall–Kier alpha value is -2.81. The van der Waals surface area contributed by atoms with Crippen molar-refractivity contribution in [2.75, 3.05) is 0 Å². The molecule has 5 rings (SSSR count). The third kappa shape index (κ3) is 2.10. The topological polar surface area (TPSA) is 46.5 Å². The average Bonchev–Trinajstić information content (AvgIpc) is 2.93. The molecular weight excluding hydrogens is 322 g/mol. The van der Waals surface area contributed by atoms with Crippen LogP contribution in [0, 0.1) is 12.8 Å². The number of hydrogen-bond donors (Lipinski definition) is 0. The number of carbonyl (C=O) groups is 2. The first-order chi connectivity index (χ1) is 12.6. The highest BCUT2D eigenvalue weighted by molar-refractivity contribution is 6.25. The van der Waals surface area contributed by atoms with E-state index in [0.29, 0.717) is 17.6 Å². The summed E-state index contributed by atoms with van der Waals surface area (Å²) in [5, 5.41) is 0. The summed E-state index contributed by atoms with van der Waals surface area (Å²) in [7, 11) is 0. The van der Waals surface area contributed by atoms with E-state index in [9.17, 15) is 9.59 Å². The number of aryl methyl sites for hydroxylation is 1. The van der Waals surface area contributed by atoms with E-state index in [-0.39, 0.29) is 23.4 Å². The Balaban J connectivity index is 1.77. The van der Waals surface area contributed by atoms with Crippen LogP contribution in [0.3, 0.4) is 0 Å². The van der Waals surface area contributed by atoms with E-state index in [1.54, 1.807) is 0 Å². The minimum absolute atomic E-state index is 0.0308. The van der Waals surface area contributed by atoms with Gasteiger partial charge in [-0.1, -0.05) is 54.1 Å². The van der Waals surface area contributed by atoms with E-state index < -0.39 is 0 Å². The minimum Gasteiger partial charge on any atom is -0.299 e. The highest BCUT2D eigenvalue weighted by Crippen LogP contribution is 2.49. The van der Waals surface area contributed by atoms with Gasteiger partial charge in [0.1, 0.15) is 5.78 Å². The second kappa shape index (κ2) is 5.60. The first-order valence-electron chi connectivity index (χ1n) is 9.20. The maximum absolute atomic E-state index is 13.2. The van der Waals surface area contributed by atoms with E-state index in [2.05, 4.69) is 6.07 Å². The Morgan fingerprint density at radius 3 is 2.54 bits per heavy atom. The number of aliphatic imine (C=N–C) groups is 1. The summed E-state index contributed by atoms with van der Waals surface area (Å²) >= 11 is 0. The predicted molar refractivity (Wildman–Crippen MR) is 101 cm³/mol. The maximum atomic E-state index is 13.2. The number of carbonyl (C=O) groups excluding carboxylic acids is 2. The van der Waals surface area contributed by atoms with Gasteiger partial charge in [-0.2, -0.15) is 0 Å². The molecule has 1 fully saturated rings. The normalized spacial score (nSPS) is 24.1. The quantitative estimate of drug-likeness (QED) is 0.766. The summed E-state index contributed by atoms with van der Waals surface area (Å²) in [5.74, 6) is -0.257. The highest BCUT2D eigenvalue weighted by Gasteiger charge is 2.46. The molecule has 0 unspecified atom stereocenters. The van der Waals surface area contributed by atoms with E-state index in [1.807, 2.05) is 49.4 Å². The molecule has 2 aromatic carbocycles. The Morgan fingerprint density at radius 1 is 0.923 bits per heavy atom. The fraction of sp³-hybridized carbons (Fsp3) is 0.261. The molecule has 2 atom stereocenters. The van der Waals surface area contributed by atoms with Crippen LogP contribution in [-0.4, -0.2) is 17.3 Å². The summed E-state index contributed by atoms with van der Waals surface area (Å²) < 4.78 is 0. The van der Waals surface area contributed by atoms with Gasteiger partial charge in [-0.05, 0) is 25.3 Å². The van der Waals surface area contributed by atoms with Gasteiger partial charge in [0.2, 0.25) is 0 Å². The lowest BCUT2D eigenvalue weighted by Gasteiger charge is -2.35. The number of allylic oxidation sites excluding steroid dienone is 1. The standard InChI is InChI=1S/C23H19NO2/c1-13-6-4-7-14(12-13)19-20-17(10-5-11-18(20)25)24-22-15-8-2-3-9-16(15)23(26)21(19)22/h2-4,6-9,12,19-20H,5,10-11H2,1H3/t19-,20+/m1/s1. The number of nitrogens with zero attached hydrogens (tertiary/aromatic N) is 1. The van der Waals surface area contributed by atoms with Crippen molar-refractivity contribution < 1.29 is 9.59 Å². The fourth-order valence-electron chi connectivity index (χ4n) is 4.67. The summed E-state index contributed by atoms with van der Waals surface area (Å²) in [6, 6.07) is 15.9. The Bertz CT molecular complexity index is 1030. The highest BCUT2D eigenvalue weighted by atomic mass is 16.1. The van der Waals surface area contributed by atoms with Gasteiger partial charge < -0.3 is 0 Å². The van der Waals surface area contributed by atoms with Crippen molar-refractivity contribution in [3.63, 3.8) is 0 Å². The van der Waals surface area contributed by atoms with Gasteiger partial charge in [-0.25, -0.2) is 0 Å². The molecule has 3 aliphatic rings. The minimum atomic E-state index is -0.289. The van der Waals surface area contributed by atoms with Crippen LogP contribution < -0.4 is 0 Å². The zero-order chi connectivity index (χ0) is 17.8. The average molecular weight is 341 g/mol. The maximum Gasteiger partial charge on any atom is 0.192 e. The van der Waals surface area contributed by atoms with Crippen LogP contribution in [0.5, 0.6) is 0 Å². The molecule has 3 heteroatoms. The zero-order valence-electron chi connectivity index (χ0n) is 14.7. The van der Waals surface area contributed by atoms with Crippen LogP contribution in [0.1, 0.15) is 52.2 Å². The molecule has 0 aromatic heterocycles. The van der Waals surface area contributed by atoms with Crippen molar-refractivity contribution in [2.45, 2.75) is 32.1 Å². The molecule has 1 saturated carbocycles. The van der Waals surface area contributed by atoms with Gasteiger partial charge in [-0.3, -0.25) is 14.6 Å². The van der Waals surface area contributed by atoms with Crippen LogP contribution >= 0.6 is 0 Å². The summed E-state index contributed by atoms with van der Waals surface area (Å²) in [5.41, 5.74) is 6.26. The molecule has 0 bridgehead atoms. The molecule has 26 heavy (non-hydrogen) atoms. The van der Waals surface area contributed by atoms with Crippen LogP contribution in [0.25, 0.3) is 5.70 Å². The van der Waals surface area contributed by atoms with Gasteiger partial charge >= 0.3 is 0 Å². The Labute approximate surface area is 152 Å². The zero-order valence-corrected chi connectivity index (χ0v) is 14.7. The van der Waals surface area contributed by atoms with Crippen molar-refractivity contribution in [3.8, 4) is 0 Å². The number of Topliss-reactive ketones (excluding diaryl/α,β-unsaturated/α-hetero) is 2. The molecule has 128 valence electrons.